The number of halogens is 4. The summed E-state index contributed by atoms with van der Waals surface area (Å²) in [6, 6.07) is 7.65. The van der Waals surface area contributed by atoms with E-state index in [1.165, 1.54) is 24.3 Å². The number of alkyl halides is 3. The molecule has 0 amide bonds. The Hall–Kier alpha value is -1.54. The van der Waals surface area contributed by atoms with Gasteiger partial charge in [-0.1, -0.05) is 11.6 Å². The van der Waals surface area contributed by atoms with Crippen LogP contribution in [0.4, 0.5) is 18.9 Å². The van der Waals surface area contributed by atoms with Crippen molar-refractivity contribution in [3.8, 4) is 6.07 Å². The molecule has 0 aliphatic carbocycles. The molecule has 0 heterocycles. The van der Waals surface area contributed by atoms with Crippen LogP contribution in [0.25, 0.3) is 0 Å². The fraction of sp³-hybridized carbons (Fsp3) is 0.200. The van der Waals surface area contributed by atoms with Gasteiger partial charge in [-0.15, -0.1) is 0 Å². The molecule has 0 aliphatic heterocycles. The molecule has 0 aromatic heterocycles. The second-order valence-corrected chi connectivity index (χ2v) is 3.37. The molecule has 1 aromatic carbocycles. The first-order valence-electron chi connectivity index (χ1n) is 4.21. The van der Waals surface area contributed by atoms with E-state index in [9.17, 15) is 13.2 Å². The van der Waals surface area contributed by atoms with Crippen molar-refractivity contribution in [1.29, 1.82) is 5.26 Å². The van der Waals surface area contributed by atoms with Crippen molar-refractivity contribution >= 4 is 22.5 Å². The van der Waals surface area contributed by atoms with Gasteiger partial charge in [0.15, 0.2) is 0 Å². The van der Waals surface area contributed by atoms with Crippen molar-refractivity contribution in [2.75, 3.05) is 0 Å². The molecule has 0 fully saturated rings. The molecule has 0 N–H and O–H groups in total. The van der Waals surface area contributed by atoms with E-state index in [1.807, 2.05) is 6.07 Å². The van der Waals surface area contributed by atoms with Crippen LogP contribution < -0.4 is 0 Å². The molecule has 2 nitrogen and oxygen atoms in total. The third kappa shape index (κ3) is 4.32. The van der Waals surface area contributed by atoms with Gasteiger partial charge in [0.05, 0.1) is 23.7 Å². The topological polar surface area (TPSA) is 36.1 Å². The minimum Gasteiger partial charge on any atom is -0.241 e. The van der Waals surface area contributed by atoms with Gasteiger partial charge < -0.3 is 0 Å². The van der Waals surface area contributed by atoms with Crippen molar-refractivity contribution in [2.45, 2.75) is 12.6 Å². The average molecular weight is 247 g/mol. The van der Waals surface area contributed by atoms with Crippen LogP contribution in [0.2, 0.25) is 0 Å². The van der Waals surface area contributed by atoms with Crippen molar-refractivity contribution in [3.05, 3.63) is 29.8 Å². The maximum atomic E-state index is 11.9. The summed E-state index contributed by atoms with van der Waals surface area (Å²) in [6.07, 6.45) is -5.62. The standard InChI is InChI=1S/C10H6ClF3N2/c11-9(5-10(12,13)14)16-8-3-1-7(6-15)2-4-8/h1-4H,5H2. The summed E-state index contributed by atoms with van der Waals surface area (Å²) < 4.78 is 35.8. The number of hydrogen-bond acceptors (Lipinski definition) is 2. The van der Waals surface area contributed by atoms with Crippen molar-refractivity contribution in [3.63, 3.8) is 0 Å². The van der Waals surface area contributed by atoms with Gasteiger partial charge in [0.1, 0.15) is 5.17 Å². The van der Waals surface area contributed by atoms with E-state index in [-0.39, 0.29) is 5.69 Å². The highest BCUT2D eigenvalue weighted by atomic mass is 35.5. The summed E-state index contributed by atoms with van der Waals surface area (Å²) >= 11 is 5.34. The van der Waals surface area contributed by atoms with Crippen molar-refractivity contribution < 1.29 is 13.2 Å². The van der Waals surface area contributed by atoms with Crippen LogP contribution >= 0.6 is 11.6 Å². The molecule has 1 rings (SSSR count). The Bertz CT molecular complexity index is 429. The Kier molecular flexibility index (Phi) is 3.91. The number of rotatable bonds is 2. The molecule has 0 aliphatic rings. The van der Waals surface area contributed by atoms with Gasteiger partial charge >= 0.3 is 6.18 Å². The van der Waals surface area contributed by atoms with Crippen LogP contribution in [-0.2, 0) is 0 Å². The minimum absolute atomic E-state index is 0.285. The second-order valence-electron chi connectivity index (χ2n) is 2.94. The number of nitriles is 1. The third-order valence-electron chi connectivity index (χ3n) is 1.59. The predicted molar refractivity (Wildman–Crippen MR) is 54.8 cm³/mol. The smallest absolute Gasteiger partial charge is 0.241 e. The Morgan fingerprint density at radius 1 is 1.31 bits per heavy atom. The van der Waals surface area contributed by atoms with Gasteiger partial charge in [-0.25, -0.2) is 4.99 Å². The van der Waals surface area contributed by atoms with E-state index >= 15 is 0 Å². The van der Waals surface area contributed by atoms with Crippen LogP contribution in [0.15, 0.2) is 29.3 Å². The highest BCUT2D eigenvalue weighted by molar-refractivity contribution is 6.65. The monoisotopic (exact) mass is 246 g/mol. The van der Waals surface area contributed by atoms with E-state index in [1.54, 1.807) is 0 Å². The number of hydrogen-bond donors (Lipinski definition) is 0. The first kappa shape index (κ1) is 12.5. The van der Waals surface area contributed by atoms with E-state index in [4.69, 9.17) is 16.9 Å². The van der Waals surface area contributed by atoms with Crippen LogP contribution in [0.3, 0.4) is 0 Å². The fourth-order valence-corrected chi connectivity index (χ4v) is 1.20. The zero-order valence-electron chi connectivity index (χ0n) is 7.92. The van der Waals surface area contributed by atoms with Gasteiger partial charge in [0.2, 0.25) is 0 Å². The molecular weight excluding hydrogens is 241 g/mol. The normalized spacial score (nSPS) is 12.3. The first-order chi connectivity index (χ1) is 7.40. The fourth-order valence-electron chi connectivity index (χ4n) is 0.956. The van der Waals surface area contributed by atoms with Gasteiger partial charge in [-0.3, -0.25) is 0 Å². The predicted octanol–water partition coefficient (Wildman–Crippen LogP) is 3.78. The lowest BCUT2D eigenvalue weighted by Crippen LogP contribution is -2.10. The molecule has 0 radical (unpaired) electrons. The van der Waals surface area contributed by atoms with Crippen LogP contribution in [-0.4, -0.2) is 11.3 Å². The lowest BCUT2D eigenvalue weighted by atomic mass is 10.2. The molecule has 0 atom stereocenters. The summed E-state index contributed by atoms with van der Waals surface area (Å²) in [5, 5.41) is 7.97. The summed E-state index contributed by atoms with van der Waals surface area (Å²) in [5.74, 6) is 0. The Balaban J connectivity index is 2.79. The Morgan fingerprint density at radius 2 is 1.88 bits per heavy atom. The Labute approximate surface area is 95.0 Å². The molecule has 0 saturated carbocycles. The lowest BCUT2D eigenvalue weighted by molar-refractivity contribution is -0.120. The number of benzene rings is 1. The third-order valence-corrected chi connectivity index (χ3v) is 1.81. The molecule has 1 aromatic rings. The van der Waals surface area contributed by atoms with E-state index < -0.39 is 17.8 Å². The van der Waals surface area contributed by atoms with Gasteiger partial charge in [0, 0.05) is 0 Å². The zero-order valence-corrected chi connectivity index (χ0v) is 8.68. The zero-order chi connectivity index (χ0) is 12.2. The van der Waals surface area contributed by atoms with Crippen molar-refractivity contribution in [1.82, 2.24) is 0 Å². The van der Waals surface area contributed by atoms with E-state index in [0.717, 1.165) is 0 Å². The number of nitrogens with zero attached hydrogens (tertiary/aromatic N) is 2. The average Bonchev–Trinajstić information content (AvgIpc) is 2.16. The summed E-state index contributed by atoms with van der Waals surface area (Å²) in [7, 11) is 0. The quantitative estimate of drug-likeness (QED) is 0.732. The summed E-state index contributed by atoms with van der Waals surface area (Å²) in [4.78, 5) is 3.57. The lowest BCUT2D eigenvalue weighted by Gasteiger charge is -2.03. The van der Waals surface area contributed by atoms with Gasteiger partial charge in [0.25, 0.3) is 0 Å². The maximum Gasteiger partial charge on any atom is 0.395 e. The molecule has 0 saturated heterocycles. The Morgan fingerprint density at radius 3 is 2.31 bits per heavy atom. The van der Waals surface area contributed by atoms with E-state index in [0.29, 0.717) is 5.56 Å². The van der Waals surface area contributed by atoms with Crippen molar-refractivity contribution in [2.24, 2.45) is 4.99 Å². The summed E-state index contributed by atoms with van der Waals surface area (Å²) in [6.45, 7) is 0. The van der Waals surface area contributed by atoms with Crippen LogP contribution in [0, 0.1) is 11.3 Å². The molecule has 0 bridgehead atoms. The van der Waals surface area contributed by atoms with Gasteiger partial charge in [-0.05, 0) is 24.3 Å². The van der Waals surface area contributed by atoms with Gasteiger partial charge in [-0.2, -0.15) is 18.4 Å². The highest BCUT2D eigenvalue weighted by Crippen LogP contribution is 2.23. The SMILES string of the molecule is N#Cc1ccc(N=C(Cl)CC(F)(F)F)cc1. The van der Waals surface area contributed by atoms with E-state index in [2.05, 4.69) is 4.99 Å². The highest BCUT2D eigenvalue weighted by Gasteiger charge is 2.29. The molecule has 84 valence electrons. The number of aliphatic imine (C=N–C) groups is 1. The molecule has 16 heavy (non-hydrogen) atoms. The second kappa shape index (κ2) is 4.99. The largest absolute Gasteiger partial charge is 0.395 e. The van der Waals surface area contributed by atoms with Crippen LogP contribution in [0.1, 0.15) is 12.0 Å². The molecule has 6 heteroatoms. The minimum atomic E-state index is -4.37. The molecule has 0 unspecified atom stereocenters. The summed E-state index contributed by atoms with van der Waals surface area (Å²) in [5.41, 5.74) is 0.694. The van der Waals surface area contributed by atoms with Crippen LogP contribution in [0.5, 0.6) is 0 Å². The maximum absolute atomic E-state index is 11.9. The molecular formula is C10H6ClF3N2. The first-order valence-corrected chi connectivity index (χ1v) is 4.58. The molecule has 0 spiro atoms.